The van der Waals surface area contributed by atoms with E-state index in [-0.39, 0.29) is 22.9 Å². The number of hydroxylamine groups is 1. The molecule has 0 radical (unpaired) electrons. The summed E-state index contributed by atoms with van der Waals surface area (Å²) in [6, 6.07) is 25.1. The highest BCUT2D eigenvalue weighted by molar-refractivity contribution is 6.24. The van der Waals surface area contributed by atoms with E-state index in [1.165, 1.54) is 36.4 Å². The van der Waals surface area contributed by atoms with Crippen molar-refractivity contribution < 1.29 is 33.6 Å². The molecule has 4 aromatic rings. The highest BCUT2D eigenvalue weighted by atomic mass is 16.7. The van der Waals surface area contributed by atoms with Crippen molar-refractivity contribution in [1.82, 2.24) is 0 Å². The van der Waals surface area contributed by atoms with Crippen LogP contribution >= 0.6 is 0 Å². The highest BCUT2D eigenvalue weighted by Crippen LogP contribution is 2.49. The van der Waals surface area contributed by atoms with Crippen molar-refractivity contribution in [3.63, 3.8) is 0 Å². The molecular formula is C32H25N3O8. The van der Waals surface area contributed by atoms with E-state index in [0.717, 1.165) is 10.5 Å². The minimum Gasteiger partial charge on any atom is -0.493 e. The van der Waals surface area contributed by atoms with Gasteiger partial charge in [0.2, 0.25) is 5.91 Å². The summed E-state index contributed by atoms with van der Waals surface area (Å²) in [4.78, 5) is 58.6. The number of hydrogen-bond donors (Lipinski definition) is 0. The molecule has 2 saturated heterocycles. The van der Waals surface area contributed by atoms with Gasteiger partial charge >= 0.3 is 5.97 Å². The Hall–Kier alpha value is -5.55. The largest absolute Gasteiger partial charge is 0.493 e. The van der Waals surface area contributed by atoms with Gasteiger partial charge in [-0.1, -0.05) is 42.5 Å². The van der Waals surface area contributed by atoms with Crippen LogP contribution in [-0.4, -0.2) is 35.9 Å². The van der Waals surface area contributed by atoms with Gasteiger partial charge in [0.15, 0.2) is 17.6 Å². The number of rotatable bonds is 7. The second kappa shape index (κ2) is 11.0. The van der Waals surface area contributed by atoms with Gasteiger partial charge in [0.05, 0.1) is 35.0 Å². The lowest BCUT2D eigenvalue weighted by atomic mass is 9.90. The number of carbonyl (C=O) groups is 3. The zero-order valence-corrected chi connectivity index (χ0v) is 23.1. The molecule has 216 valence electrons. The van der Waals surface area contributed by atoms with E-state index in [9.17, 15) is 24.5 Å². The van der Waals surface area contributed by atoms with E-state index in [4.69, 9.17) is 14.3 Å². The summed E-state index contributed by atoms with van der Waals surface area (Å²) < 4.78 is 11.1. The average molecular weight is 580 g/mol. The van der Waals surface area contributed by atoms with Crippen LogP contribution in [0.4, 0.5) is 17.1 Å². The molecular weight excluding hydrogens is 554 g/mol. The van der Waals surface area contributed by atoms with Gasteiger partial charge in [-0.05, 0) is 60.5 Å². The van der Waals surface area contributed by atoms with Gasteiger partial charge < -0.3 is 9.47 Å². The Labute approximate surface area is 245 Å². The smallest absolute Gasteiger partial charge is 0.343 e. The first-order valence-corrected chi connectivity index (χ1v) is 13.4. The van der Waals surface area contributed by atoms with Crippen molar-refractivity contribution in [3.8, 4) is 11.5 Å². The topological polar surface area (TPSA) is 129 Å². The number of hydrogen-bond acceptors (Lipinski definition) is 9. The van der Waals surface area contributed by atoms with E-state index in [2.05, 4.69) is 0 Å². The zero-order chi connectivity index (χ0) is 30.2. The third kappa shape index (κ3) is 4.95. The molecule has 0 unspecified atom stereocenters. The van der Waals surface area contributed by atoms with Crippen LogP contribution in [0.15, 0.2) is 97.1 Å². The molecule has 2 heterocycles. The Kier molecular flexibility index (Phi) is 7.08. The number of nitro groups is 1. The van der Waals surface area contributed by atoms with Crippen molar-refractivity contribution in [2.24, 2.45) is 5.92 Å². The second-order valence-corrected chi connectivity index (χ2v) is 10.1. The predicted octanol–water partition coefficient (Wildman–Crippen LogP) is 5.18. The minimum atomic E-state index is -1.18. The summed E-state index contributed by atoms with van der Waals surface area (Å²) in [7, 11) is 1.41. The van der Waals surface area contributed by atoms with Crippen molar-refractivity contribution in [3.05, 3.63) is 124 Å². The Morgan fingerprint density at radius 1 is 0.860 bits per heavy atom. The molecule has 2 amide bonds. The van der Waals surface area contributed by atoms with Gasteiger partial charge in [0.25, 0.3) is 11.6 Å². The first-order valence-electron chi connectivity index (χ1n) is 13.4. The molecule has 2 fully saturated rings. The summed E-state index contributed by atoms with van der Waals surface area (Å²) in [6.45, 7) is 1.86. The summed E-state index contributed by atoms with van der Waals surface area (Å²) in [5.41, 5.74) is 2.25. The van der Waals surface area contributed by atoms with E-state index in [1.54, 1.807) is 66.7 Å². The molecule has 11 heteroatoms. The fourth-order valence-corrected chi connectivity index (χ4v) is 5.43. The Morgan fingerprint density at radius 2 is 1.60 bits per heavy atom. The van der Waals surface area contributed by atoms with Gasteiger partial charge in [0.1, 0.15) is 5.92 Å². The highest BCUT2D eigenvalue weighted by Gasteiger charge is 2.60. The molecule has 0 spiro atoms. The summed E-state index contributed by atoms with van der Waals surface area (Å²) in [5, 5.41) is 12.9. The van der Waals surface area contributed by atoms with Crippen molar-refractivity contribution >= 4 is 34.8 Å². The maximum atomic E-state index is 14.0. The number of anilines is 2. The van der Waals surface area contributed by atoms with E-state index in [1.807, 2.05) is 13.0 Å². The van der Waals surface area contributed by atoms with Gasteiger partial charge in [-0.2, -0.15) is 0 Å². The molecule has 11 nitrogen and oxygen atoms in total. The maximum absolute atomic E-state index is 14.0. The number of aryl methyl sites for hydroxylation is 1. The Morgan fingerprint density at radius 3 is 2.33 bits per heavy atom. The second-order valence-electron chi connectivity index (χ2n) is 10.1. The summed E-state index contributed by atoms with van der Waals surface area (Å²) in [5.74, 6) is -2.24. The minimum absolute atomic E-state index is 0.146. The van der Waals surface area contributed by atoms with Gasteiger partial charge in [-0.15, -0.1) is 0 Å². The molecule has 0 saturated carbocycles. The van der Waals surface area contributed by atoms with Crippen LogP contribution in [0.25, 0.3) is 0 Å². The van der Waals surface area contributed by atoms with E-state index in [0.29, 0.717) is 16.8 Å². The van der Waals surface area contributed by atoms with Crippen LogP contribution in [0.3, 0.4) is 0 Å². The number of fused-ring (bicyclic) bond motifs is 1. The number of nitrogens with zero attached hydrogens (tertiary/aromatic N) is 3. The summed E-state index contributed by atoms with van der Waals surface area (Å²) >= 11 is 0. The first kappa shape index (κ1) is 27.6. The average Bonchev–Trinajstić information content (AvgIpc) is 3.53. The van der Waals surface area contributed by atoms with Gasteiger partial charge in [-0.3, -0.25) is 24.5 Å². The first-order chi connectivity index (χ1) is 20.8. The number of nitro benzene ring substituents is 1. The normalized spacial score (nSPS) is 19.3. The number of methoxy groups -OCH3 is 1. The summed E-state index contributed by atoms with van der Waals surface area (Å²) in [6.07, 6.45) is -1.18. The van der Waals surface area contributed by atoms with Crippen LogP contribution in [0.5, 0.6) is 11.5 Å². The van der Waals surface area contributed by atoms with Gasteiger partial charge in [0, 0.05) is 12.1 Å². The molecule has 2 aliphatic rings. The fourth-order valence-electron chi connectivity index (χ4n) is 5.43. The quantitative estimate of drug-likeness (QED) is 0.0956. The zero-order valence-electron chi connectivity index (χ0n) is 23.1. The monoisotopic (exact) mass is 579 g/mol. The lowest BCUT2D eigenvalue weighted by Crippen LogP contribution is -2.37. The Balaban J connectivity index is 1.41. The lowest BCUT2D eigenvalue weighted by Gasteiger charge is -2.29. The third-order valence-corrected chi connectivity index (χ3v) is 7.41. The van der Waals surface area contributed by atoms with Crippen LogP contribution in [0.2, 0.25) is 0 Å². The number of benzene rings is 4. The maximum Gasteiger partial charge on any atom is 0.343 e. The molecule has 2 aliphatic heterocycles. The molecule has 0 aromatic heterocycles. The van der Waals surface area contributed by atoms with Gasteiger partial charge in [-0.25, -0.2) is 14.8 Å². The molecule has 0 N–H and O–H groups in total. The molecule has 3 atom stereocenters. The van der Waals surface area contributed by atoms with Crippen LogP contribution in [-0.2, 0) is 14.4 Å². The molecule has 6 rings (SSSR count). The van der Waals surface area contributed by atoms with Crippen molar-refractivity contribution in [2.75, 3.05) is 17.1 Å². The molecule has 43 heavy (non-hydrogen) atoms. The van der Waals surface area contributed by atoms with Crippen LogP contribution in [0, 0.1) is 23.0 Å². The number of non-ortho nitro benzene ring substituents is 1. The Bertz CT molecular complexity index is 1760. The van der Waals surface area contributed by atoms with Crippen molar-refractivity contribution in [1.29, 1.82) is 0 Å². The van der Waals surface area contributed by atoms with Crippen LogP contribution < -0.4 is 19.4 Å². The van der Waals surface area contributed by atoms with E-state index < -0.39 is 40.8 Å². The lowest BCUT2D eigenvalue weighted by molar-refractivity contribution is -0.384. The van der Waals surface area contributed by atoms with Crippen molar-refractivity contribution in [2.45, 2.75) is 19.1 Å². The molecule has 0 aliphatic carbocycles. The molecule has 4 aromatic carbocycles. The van der Waals surface area contributed by atoms with Crippen LogP contribution in [0.1, 0.15) is 27.5 Å². The number of esters is 1. The molecule has 0 bridgehead atoms. The predicted molar refractivity (Wildman–Crippen MR) is 155 cm³/mol. The number of amides is 2. The van der Waals surface area contributed by atoms with E-state index >= 15 is 0 Å². The number of ether oxygens (including phenoxy) is 2. The SMILES string of the molecule is COc1cc([C@H]2[C@@H]3C(=O)N(c4cccc(C)c4)C(=O)[C@H]3ON2c2cccc([N+](=O)[O-])c2)ccc1OC(=O)c1ccccc1. The number of carbonyl (C=O) groups excluding carboxylic acids is 3. The number of imide groups is 1. The standard InChI is InChI=1S/C32H25N3O8/c1-19-8-6-11-22(16-19)33-30(36)27-28(34(43-29(27)31(33)37)23-12-7-13-24(18-23)35(39)40)21-14-15-25(26(17-21)41-2)42-32(38)20-9-4-3-5-10-20/h3-18,27-29H,1-2H3/t27-,28-,29-/m0/s1. The fraction of sp³-hybridized carbons (Fsp3) is 0.156. The third-order valence-electron chi connectivity index (χ3n) is 7.41.